The van der Waals surface area contributed by atoms with E-state index in [9.17, 15) is 4.79 Å². The number of thioether (sulfide) groups is 1. The Morgan fingerprint density at radius 1 is 1.29 bits per heavy atom. The summed E-state index contributed by atoms with van der Waals surface area (Å²) < 4.78 is 6.27. The zero-order chi connectivity index (χ0) is 16.9. The van der Waals surface area contributed by atoms with Crippen LogP contribution in [0.2, 0.25) is 5.02 Å². The molecule has 124 valence electrons. The number of hydrogen-bond donors (Lipinski definition) is 1. The number of fused-ring (bicyclic) bond motifs is 1. The van der Waals surface area contributed by atoms with Crippen molar-refractivity contribution in [3.8, 4) is 5.75 Å². The van der Waals surface area contributed by atoms with Crippen LogP contribution in [-0.2, 0) is 4.79 Å². The lowest BCUT2D eigenvalue weighted by atomic mass is 10.3. The minimum atomic E-state index is -0.0468. The molecule has 0 aliphatic heterocycles. The molecular formula is C17H15ClN2O2S2. The van der Waals surface area contributed by atoms with Crippen LogP contribution < -0.4 is 10.1 Å². The molecule has 0 aliphatic carbocycles. The minimum absolute atomic E-state index is 0.0468. The molecule has 1 aromatic heterocycles. The van der Waals surface area contributed by atoms with Gasteiger partial charge >= 0.3 is 0 Å². The summed E-state index contributed by atoms with van der Waals surface area (Å²) in [7, 11) is 1.61. The third kappa shape index (κ3) is 4.20. The molecule has 3 aromatic rings. The van der Waals surface area contributed by atoms with Crippen LogP contribution >= 0.6 is 34.7 Å². The van der Waals surface area contributed by atoms with Gasteiger partial charge in [-0.1, -0.05) is 29.0 Å². The largest absolute Gasteiger partial charge is 0.494 e. The van der Waals surface area contributed by atoms with Gasteiger partial charge in [0.15, 0.2) is 5.13 Å². The van der Waals surface area contributed by atoms with Crippen LogP contribution in [0.3, 0.4) is 0 Å². The third-order valence-corrected chi connectivity index (χ3v) is 5.46. The predicted octanol–water partition coefficient (Wildman–Crippen LogP) is 5.08. The second-order valence-corrected chi connectivity index (χ2v) is 7.56. The number of carbonyl (C=O) groups excluding carboxylic acids is 1. The van der Waals surface area contributed by atoms with Gasteiger partial charge in [-0.05, 0) is 36.4 Å². The number of halogens is 1. The van der Waals surface area contributed by atoms with E-state index in [1.165, 1.54) is 11.3 Å². The first-order chi connectivity index (χ1) is 11.7. The second kappa shape index (κ2) is 7.88. The van der Waals surface area contributed by atoms with Gasteiger partial charge in [0.2, 0.25) is 5.91 Å². The van der Waals surface area contributed by atoms with Crippen molar-refractivity contribution in [1.29, 1.82) is 0 Å². The molecule has 0 atom stereocenters. The van der Waals surface area contributed by atoms with Crippen LogP contribution in [0, 0.1) is 0 Å². The molecule has 0 spiro atoms. The number of benzene rings is 2. The first kappa shape index (κ1) is 17.1. The number of thiazole rings is 1. The van der Waals surface area contributed by atoms with Gasteiger partial charge in [0.1, 0.15) is 11.3 Å². The summed E-state index contributed by atoms with van der Waals surface area (Å²) in [5.41, 5.74) is 0.774. The Labute approximate surface area is 153 Å². The first-order valence-corrected chi connectivity index (χ1v) is 9.45. The van der Waals surface area contributed by atoms with E-state index in [1.807, 2.05) is 42.5 Å². The van der Waals surface area contributed by atoms with Crippen molar-refractivity contribution < 1.29 is 9.53 Å². The predicted molar refractivity (Wildman–Crippen MR) is 102 cm³/mol. The molecular weight excluding hydrogens is 364 g/mol. The molecule has 0 saturated carbocycles. The van der Waals surface area contributed by atoms with Crippen molar-refractivity contribution in [2.45, 2.75) is 11.3 Å². The topological polar surface area (TPSA) is 51.2 Å². The molecule has 0 saturated heterocycles. The number of carbonyl (C=O) groups is 1. The number of ether oxygens (including phenoxy) is 1. The van der Waals surface area contributed by atoms with Gasteiger partial charge in [0.05, 0.1) is 11.8 Å². The van der Waals surface area contributed by atoms with Crippen molar-refractivity contribution in [1.82, 2.24) is 4.98 Å². The molecule has 4 nitrogen and oxygen atoms in total. The first-order valence-electron chi connectivity index (χ1n) is 7.27. The minimum Gasteiger partial charge on any atom is -0.494 e. The maximum Gasteiger partial charge on any atom is 0.226 e. The highest BCUT2D eigenvalue weighted by Crippen LogP contribution is 2.32. The second-order valence-electron chi connectivity index (χ2n) is 4.93. The number of nitrogens with one attached hydrogen (secondary N) is 1. The normalized spacial score (nSPS) is 10.8. The average Bonchev–Trinajstić information content (AvgIpc) is 2.98. The van der Waals surface area contributed by atoms with Crippen molar-refractivity contribution in [3.05, 3.63) is 47.5 Å². The molecule has 3 rings (SSSR count). The van der Waals surface area contributed by atoms with Crippen molar-refractivity contribution >= 4 is 56.0 Å². The Bertz CT molecular complexity index is 849. The zero-order valence-corrected chi connectivity index (χ0v) is 15.3. The van der Waals surface area contributed by atoms with Crippen LogP contribution in [0.15, 0.2) is 47.4 Å². The molecule has 0 radical (unpaired) electrons. The third-order valence-electron chi connectivity index (χ3n) is 3.26. The Morgan fingerprint density at radius 3 is 2.83 bits per heavy atom. The fourth-order valence-electron chi connectivity index (χ4n) is 2.12. The Hall–Kier alpha value is -1.76. The van der Waals surface area contributed by atoms with Crippen molar-refractivity contribution in [2.75, 3.05) is 18.2 Å². The van der Waals surface area contributed by atoms with E-state index in [4.69, 9.17) is 16.3 Å². The highest BCUT2D eigenvalue weighted by atomic mass is 35.5. The SMILES string of the molecule is COc1cccc2sc(NC(=O)CCSc3ccc(Cl)cc3)nc12. The van der Waals surface area contributed by atoms with Crippen molar-refractivity contribution in [2.24, 2.45) is 0 Å². The maximum atomic E-state index is 12.1. The maximum absolute atomic E-state index is 12.1. The Morgan fingerprint density at radius 2 is 2.08 bits per heavy atom. The van der Waals surface area contributed by atoms with E-state index >= 15 is 0 Å². The lowest BCUT2D eigenvalue weighted by Crippen LogP contribution is -2.11. The lowest BCUT2D eigenvalue weighted by Gasteiger charge is -2.02. The van der Waals surface area contributed by atoms with Gasteiger partial charge in [-0.25, -0.2) is 4.98 Å². The number of nitrogens with zero attached hydrogens (tertiary/aromatic N) is 1. The highest BCUT2D eigenvalue weighted by Gasteiger charge is 2.11. The molecule has 1 N–H and O–H groups in total. The zero-order valence-electron chi connectivity index (χ0n) is 12.9. The fourth-order valence-corrected chi connectivity index (χ4v) is 3.99. The van der Waals surface area contributed by atoms with Crippen molar-refractivity contribution in [3.63, 3.8) is 0 Å². The quantitative estimate of drug-likeness (QED) is 0.608. The Balaban J connectivity index is 1.56. The van der Waals surface area contributed by atoms with Crippen LogP contribution in [-0.4, -0.2) is 23.8 Å². The Kier molecular flexibility index (Phi) is 5.60. The highest BCUT2D eigenvalue weighted by molar-refractivity contribution is 7.99. The van der Waals surface area contributed by atoms with Crippen LogP contribution in [0.5, 0.6) is 5.75 Å². The van der Waals surface area contributed by atoms with E-state index in [1.54, 1.807) is 18.9 Å². The standard InChI is InChI=1S/C17H15ClN2O2S2/c1-22-13-3-2-4-14-16(13)20-17(24-14)19-15(21)9-10-23-12-7-5-11(18)6-8-12/h2-8H,9-10H2,1H3,(H,19,20,21). The summed E-state index contributed by atoms with van der Waals surface area (Å²) >= 11 is 8.92. The average molecular weight is 379 g/mol. The number of rotatable bonds is 6. The monoisotopic (exact) mass is 378 g/mol. The molecule has 0 unspecified atom stereocenters. The fraction of sp³-hybridized carbons (Fsp3) is 0.176. The van der Waals surface area contributed by atoms with Gasteiger partial charge in [0.25, 0.3) is 0 Å². The smallest absolute Gasteiger partial charge is 0.226 e. The summed E-state index contributed by atoms with van der Waals surface area (Å²) in [6.45, 7) is 0. The number of aromatic nitrogens is 1. The van der Waals surface area contributed by atoms with Gasteiger partial charge < -0.3 is 10.1 Å². The summed E-state index contributed by atoms with van der Waals surface area (Å²) in [5.74, 6) is 1.36. The van der Waals surface area contributed by atoms with Gasteiger partial charge in [0, 0.05) is 22.1 Å². The summed E-state index contributed by atoms with van der Waals surface area (Å²) in [6, 6.07) is 13.3. The van der Waals surface area contributed by atoms with E-state index < -0.39 is 0 Å². The van der Waals surface area contributed by atoms with Crippen LogP contribution in [0.4, 0.5) is 5.13 Å². The van der Waals surface area contributed by atoms with Gasteiger partial charge in [-0.3, -0.25) is 4.79 Å². The molecule has 0 fully saturated rings. The lowest BCUT2D eigenvalue weighted by molar-refractivity contribution is -0.115. The van der Waals surface area contributed by atoms with E-state index in [-0.39, 0.29) is 5.91 Å². The van der Waals surface area contributed by atoms with E-state index in [0.29, 0.717) is 28.1 Å². The number of hydrogen-bond acceptors (Lipinski definition) is 5. The van der Waals surface area contributed by atoms with Crippen LogP contribution in [0.25, 0.3) is 10.2 Å². The van der Waals surface area contributed by atoms with Crippen LogP contribution in [0.1, 0.15) is 6.42 Å². The van der Waals surface area contributed by atoms with Gasteiger partial charge in [-0.2, -0.15) is 0 Å². The van der Waals surface area contributed by atoms with E-state index in [2.05, 4.69) is 10.3 Å². The molecule has 7 heteroatoms. The number of anilines is 1. The van der Waals surface area contributed by atoms with E-state index in [0.717, 1.165) is 15.1 Å². The molecule has 1 amide bonds. The number of para-hydroxylation sites is 1. The molecule has 0 bridgehead atoms. The van der Waals surface area contributed by atoms with Gasteiger partial charge in [-0.15, -0.1) is 11.8 Å². The molecule has 2 aromatic carbocycles. The molecule has 0 aliphatic rings. The molecule has 1 heterocycles. The molecule has 24 heavy (non-hydrogen) atoms. The number of amides is 1. The summed E-state index contributed by atoms with van der Waals surface area (Å²) in [5, 5.41) is 4.16. The summed E-state index contributed by atoms with van der Waals surface area (Å²) in [6.07, 6.45) is 0.417. The number of methoxy groups -OCH3 is 1. The summed E-state index contributed by atoms with van der Waals surface area (Å²) in [4.78, 5) is 17.6.